The molecule has 0 amide bonds. The Balaban J connectivity index is 2.87. The van der Waals surface area contributed by atoms with Crippen molar-refractivity contribution in [2.45, 2.75) is 0 Å². The Bertz CT molecular complexity index is 267. The van der Waals surface area contributed by atoms with Gasteiger partial charge >= 0.3 is 0 Å². The van der Waals surface area contributed by atoms with Crippen LogP contribution in [-0.2, 0) is 4.79 Å². The van der Waals surface area contributed by atoms with E-state index >= 15 is 0 Å². The molecular weight excluding hydrogens is 140 g/mol. The first-order valence-electron chi connectivity index (χ1n) is 3.17. The van der Waals surface area contributed by atoms with E-state index in [1.165, 1.54) is 0 Å². The lowest BCUT2D eigenvalue weighted by atomic mass is 10.3. The summed E-state index contributed by atoms with van der Waals surface area (Å²) in [5.74, 6) is -0.00352. The summed E-state index contributed by atoms with van der Waals surface area (Å²) in [5, 5.41) is 0. The molecule has 0 spiro atoms. The van der Waals surface area contributed by atoms with E-state index in [0.29, 0.717) is 12.0 Å². The summed E-state index contributed by atoms with van der Waals surface area (Å²) in [6, 6.07) is 9.08. The summed E-state index contributed by atoms with van der Waals surface area (Å²) in [6.45, 7) is 0. The minimum Gasteiger partial charge on any atom is -0.381 e. The lowest BCUT2D eigenvalue weighted by molar-refractivity contribution is -0.102. The summed E-state index contributed by atoms with van der Waals surface area (Å²) in [4.78, 5) is 13.9. The number of aldehydes is 1. The number of hydrogen-bond donors (Lipinski definition) is 1. The molecule has 2 N–H and O–H groups in total. The Kier molecular flexibility index (Phi) is 2.38. The first kappa shape index (κ1) is 7.47. The fourth-order valence-corrected chi connectivity index (χ4v) is 0.678. The van der Waals surface area contributed by atoms with E-state index in [4.69, 9.17) is 5.73 Å². The van der Waals surface area contributed by atoms with Crippen LogP contribution in [0.3, 0.4) is 0 Å². The van der Waals surface area contributed by atoms with Crippen molar-refractivity contribution < 1.29 is 4.79 Å². The van der Waals surface area contributed by atoms with E-state index in [2.05, 4.69) is 4.99 Å². The highest BCUT2D eigenvalue weighted by Crippen LogP contribution is 2.08. The average molecular weight is 148 g/mol. The molecular formula is C8H8N2O. The number of hydrogen-bond acceptors (Lipinski definition) is 2. The van der Waals surface area contributed by atoms with Gasteiger partial charge in [-0.15, -0.1) is 0 Å². The Labute approximate surface area is 64.6 Å². The topological polar surface area (TPSA) is 55.5 Å². The summed E-state index contributed by atoms with van der Waals surface area (Å²) < 4.78 is 0. The van der Waals surface area contributed by atoms with Gasteiger partial charge in [-0.25, -0.2) is 4.99 Å². The van der Waals surface area contributed by atoms with Crippen molar-refractivity contribution in [1.82, 2.24) is 0 Å². The van der Waals surface area contributed by atoms with Gasteiger partial charge in [-0.05, 0) is 12.1 Å². The van der Waals surface area contributed by atoms with Crippen molar-refractivity contribution in [3.63, 3.8) is 0 Å². The number of carbonyl (C=O) groups is 1. The van der Waals surface area contributed by atoms with Crippen molar-refractivity contribution in [3.05, 3.63) is 30.3 Å². The first-order valence-corrected chi connectivity index (χ1v) is 3.17. The van der Waals surface area contributed by atoms with Crippen LogP contribution < -0.4 is 5.73 Å². The molecule has 1 aromatic carbocycles. The zero-order valence-electron chi connectivity index (χ0n) is 5.90. The maximum atomic E-state index is 10.1. The standard InChI is InChI=1S/C8H8N2O/c9-8(6-11)10-7-4-2-1-3-5-7/h1-6H,(H2,9,10). The van der Waals surface area contributed by atoms with Gasteiger partial charge in [-0.1, -0.05) is 18.2 Å². The maximum absolute atomic E-state index is 10.1. The van der Waals surface area contributed by atoms with Crippen LogP contribution in [0.2, 0.25) is 0 Å². The van der Waals surface area contributed by atoms with Crippen molar-refractivity contribution in [2.24, 2.45) is 10.7 Å². The molecule has 0 unspecified atom stereocenters. The molecule has 3 nitrogen and oxygen atoms in total. The Morgan fingerprint density at radius 3 is 2.55 bits per heavy atom. The van der Waals surface area contributed by atoms with Gasteiger partial charge in [0.25, 0.3) is 0 Å². The highest BCUT2D eigenvalue weighted by molar-refractivity contribution is 6.26. The second-order valence-corrected chi connectivity index (χ2v) is 1.99. The highest BCUT2D eigenvalue weighted by Gasteiger charge is 1.87. The van der Waals surface area contributed by atoms with Gasteiger partial charge in [-0.2, -0.15) is 0 Å². The van der Waals surface area contributed by atoms with Crippen LogP contribution in [0.1, 0.15) is 0 Å². The van der Waals surface area contributed by atoms with Crippen molar-refractivity contribution in [3.8, 4) is 0 Å². The van der Waals surface area contributed by atoms with E-state index in [9.17, 15) is 4.79 Å². The number of nitrogens with zero attached hydrogens (tertiary/aromatic N) is 1. The molecule has 0 aliphatic carbocycles. The summed E-state index contributed by atoms with van der Waals surface area (Å²) in [7, 11) is 0. The molecule has 0 saturated carbocycles. The molecule has 0 radical (unpaired) electrons. The molecule has 0 atom stereocenters. The smallest absolute Gasteiger partial charge is 0.184 e. The first-order chi connectivity index (χ1) is 5.33. The third kappa shape index (κ3) is 2.21. The molecule has 1 aromatic rings. The molecule has 56 valence electrons. The summed E-state index contributed by atoms with van der Waals surface area (Å²) >= 11 is 0. The molecule has 3 heteroatoms. The Morgan fingerprint density at radius 1 is 1.36 bits per heavy atom. The number of amidine groups is 1. The van der Waals surface area contributed by atoms with Gasteiger partial charge in [-0.3, -0.25) is 4.79 Å². The molecule has 0 aliphatic rings. The molecule has 0 aliphatic heterocycles. The maximum Gasteiger partial charge on any atom is 0.184 e. The van der Waals surface area contributed by atoms with Crippen LogP contribution in [-0.4, -0.2) is 12.1 Å². The molecule has 11 heavy (non-hydrogen) atoms. The van der Waals surface area contributed by atoms with Crippen LogP contribution in [0.4, 0.5) is 5.69 Å². The zero-order valence-corrected chi connectivity index (χ0v) is 5.90. The van der Waals surface area contributed by atoms with Crippen molar-refractivity contribution in [2.75, 3.05) is 0 Å². The van der Waals surface area contributed by atoms with Gasteiger partial charge in [0.1, 0.15) is 0 Å². The molecule has 1 rings (SSSR count). The SMILES string of the molecule is NC(C=O)=Nc1ccccc1. The van der Waals surface area contributed by atoms with Gasteiger partial charge in [0, 0.05) is 0 Å². The molecule has 0 heterocycles. The lowest BCUT2D eigenvalue weighted by Crippen LogP contribution is -2.11. The van der Waals surface area contributed by atoms with E-state index in [-0.39, 0.29) is 5.84 Å². The van der Waals surface area contributed by atoms with Crippen LogP contribution in [0.15, 0.2) is 35.3 Å². The minimum atomic E-state index is -0.00352. The average Bonchev–Trinajstić information content (AvgIpc) is 2.06. The number of carbonyl (C=O) groups excluding carboxylic acids is 1. The van der Waals surface area contributed by atoms with Crippen LogP contribution in [0.25, 0.3) is 0 Å². The largest absolute Gasteiger partial charge is 0.381 e. The summed E-state index contributed by atoms with van der Waals surface area (Å²) in [5.41, 5.74) is 5.88. The van der Waals surface area contributed by atoms with Crippen molar-refractivity contribution >= 4 is 17.8 Å². The number of rotatable bonds is 2. The summed E-state index contributed by atoms with van der Waals surface area (Å²) in [6.07, 6.45) is 0.521. The quantitative estimate of drug-likeness (QED) is 0.384. The van der Waals surface area contributed by atoms with Gasteiger partial charge in [0.2, 0.25) is 0 Å². The van der Waals surface area contributed by atoms with Crippen molar-refractivity contribution in [1.29, 1.82) is 0 Å². The minimum absolute atomic E-state index is 0.00352. The fourth-order valence-electron chi connectivity index (χ4n) is 0.678. The van der Waals surface area contributed by atoms with Crippen LogP contribution >= 0.6 is 0 Å². The monoisotopic (exact) mass is 148 g/mol. The second kappa shape index (κ2) is 3.51. The number of aliphatic imine (C=N–C) groups is 1. The molecule has 0 bridgehead atoms. The number of para-hydroxylation sites is 1. The third-order valence-corrected chi connectivity index (χ3v) is 1.14. The Hall–Kier alpha value is -1.64. The van der Waals surface area contributed by atoms with E-state index in [0.717, 1.165) is 0 Å². The molecule has 0 fully saturated rings. The van der Waals surface area contributed by atoms with E-state index in [1.807, 2.05) is 18.2 Å². The predicted octanol–water partition coefficient (Wildman–Crippen LogP) is 0.874. The third-order valence-electron chi connectivity index (χ3n) is 1.14. The predicted molar refractivity (Wildman–Crippen MR) is 43.8 cm³/mol. The highest BCUT2D eigenvalue weighted by atomic mass is 16.1. The lowest BCUT2D eigenvalue weighted by Gasteiger charge is -1.90. The Morgan fingerprint density at radius 2 is 2.00 bits per heavy atom. The fraction of sp³-hybridized carbons (Fsp3) is 0. The molecule has 0 aromatic heterocycles. The van der Waals surface area contributed by atoms with Gasteiger partial charge in [0.15, 0.2) is 12.1 Å². The number of nitrogens with two attached hydrogens (primary N) is 1. The van der Waals surface area contributed by atoms with E-state index in [1.54, 1.807) is 12.1 Å². The van der Waals surface area contributed by atoms with Crippen LogP contribution in [0.5, 0.6) is 0 Å². The molecule has 0 saturated heterocycles. The zero-order chi connectivity index (χ0) is 8.10. The van der Waals surface area contributed by atoms with E-state index < -0.39 is 0 Å². The second-order valence-electron chi connectivity index (χ2n) is 1.99. The normalized spacial score (nSPS) is 11.1. The van der Waals surface area contributed by atoms with Crippen LogP contribution in [0, 0.1) is 0 Å². The van der Waals surface area contributed by atoms with Gasteiger partial charge in [0.05, 0.1) is 5.69 Å². The number of benzene rings is 1. The van der Waals surface area contributed by atoms with Gasteiger partial charge < -0.3 is 5.73 Å².